The molecule has 0 saturated carbocycles. The van der Waals surface area contributed by atoms with Gasteiger partial charge in [0.05, 0.1) is 0 Å². The summed E-state index contributed by atoms with van der Waals surface area (Å²) < 4.78 is 0.0489. The Bertz CT molecular complexity index is 131. The van der Waals surface area contributed by atoms with E-state index in [9.17, 15) is 9.59 Å². The molecule has 0 bridgehead atoms. The normalized spacial score (nSPS) is 9.64. The number of carbonyl (C=O) groups excluding carboxylic acids is 2. The van der Waals surface area contributed by atoms with Gasteiger partial charge in [-0.2, -0.15) is 0 Å². The van der Waals surface area contributed by atoms with Gasteiger partial charge in [-0.3, -0.25) is 9.59 Å². The maximum atomic E-state index is 10.7. The van der Waals surface area contributed by atoms with Gasteiger partial charge in [0, 0.05) is 21.6 Å². The molecule has 0 aliphatic carbocycles. The van der Waals surface area contributed by atoms with Gasteiger partial charge in [0.25, 0.3) is 8.89 Å². The van der Waals surface area contributed by atoms with Gasteiger partial charge in [-0.05, 0) is 22.3 Å². The van der Waals surface area contributed by atoms with E-state index >= 15 is 0 Å². The highest BCUT2D eigenvalue weighted by atomic mass is 33.5. The lowest BCUT2D eigenvalue weighted by Crippen LogP contribution is -1.73. The third kappa shape index (κ3) is 7.45. The van der Waals surface area contributed by atoms with Crippen molar-refractivity contribution in [3.63, 3.8) is 0 Å². The largest absolute Gasteiger partial charge is 0.273 e. The Morgan fingerprint density at radius 3 is 1.55 bits per heavy atom. The second-order valence-electron chi connectivity index (χ2n) is 1.14. The summed E-state index contributed by atoms with van der Waals surface area (Å²) >= 11 is 2.31. The Morgan fingerprint density at radius 2 is 1.27 bits per heavy atom. The molecule has 0 aromatic rings. The zero-order valence-corrected chi connectivity index (χ0v) is 9.94. The Hall–Kier alpha value is 1.09. The summed E-state index contributed by atoms with van der Waals surface area (Å²) in [5, 5.41) is 0. The van der Waals surface area contributed by atoms with Crippen molar-refractivity contribution < 1.29 is 9.59 Å². The van der Waals surface area contributed by atoms with Crippen LogP contribution in [0.5, 0.6) is 0 Å². The van der Waals surface area contributed by atoms with Gasteiger partial charge in [-0.15, -0.1) is 0 Å². The fraction of sp³-hybridized carbons (Fsp3) is 0.500. The molecular formula is C4H6O2S5. The van der Waals surface area contributed by atoms with Crippen LogP contribution in [0.4, 0.5) is 9.59 Å². The standard InChI is InChI=1S/C4H6O2S5/c1-7-3(5)9-11-10-4(6)8-2/h1-2H3. The topological polar surface area (TPSA) is 34.1 Å². The van der Waals surface area contributed by atoms with E-state index < -0.39 is 0 Å². The molecule has 0 rings (SSSR count). The summed E-state index contributed by atoms with van der Waals surface area (Å²) in [6.07, 6.45) is 3.44. The predicted octanol–water partition coefficient (Wildman–Crippen LogP) is 3.98. The van der Waals surface area contributed by atoms with Gasteiger partial charge in [-0.1, -0.05) is 23.5 Å². The number of thioether (sulfide) groups is 2. The molecule has 0 aromatic carbocycles. The highest BCUT2D eigenvalue weighted by Gasteiger charge is 2.04. The highest BCUT2D eigenvalue weighted by molar-refractivity contribution is 9.16. The third-order valence-electron chi connectivity index (χ3n) is 0.537. The van der Waals surface area contributed by atoms with E-state index in [1.807, 2.05) is 0 Å². The van der Waals surface area contributed by atoms with Crippen molar-refractivity contribution in [3.8, 4) is 0 Å². The first-order chi connectivity index (χ1) is 5.20. The first kappa shape index (κ1) is 12.1. The van der Waals surface area contributed by atoms with E-state index in [2.05, 4.69) is 0 Å². The van der Waals surface area contributed by atoms with Crippen molar-refractivity contribution in [2.45, 2.75) is 0 Å². The molecule has 0 N–H and O–H groups in total. The summed E-state index contributed by atoms with van der Waals surface area (Å²) in [5.74, 6) is 0. The Morgan fingerprint density at radius 1 is 0.909 bits per heavy atom. The molecule has 0 aliphatic rings. The van der Waals surface area contributed by atoms with Crippen molar-refractivity contribution in [3.05, 3.63) is 0 Å². The Kier molecular flexibility index (Phi) is 8.49. The first-order valence-electron chi connectivity index (χ1n) is 2.37. The minimum atomic E-state index is 0.0244. The van der Waals surface area contributed by atoms with Gasteiger partial charge in [-0.25, -0.2) is 0 Å². The molecule has 0 aliphatic heterocycles. The van der Waals surface area contributed by atoms with E-state index in [0.29, 0.717) is 0 Å². The lowest BCUT2D eigenvalue weighted by molar-refractivity contribution is 0.276. The maximum Gasteiger partial charge on any atom is 0.257 e. The van der Waals surface area contributed by atoms with Crippen LogP contribution in [-0.4, -0.2) is 21.4 Å². The van der Waals surface area contributed by atoms with Crippen molar-refractivity contribution in [2.75, 3.05) is 12.5 Å². The van der Waals surface area contributed by atoms with Crippen LogP contribution in [0.15, 0.2) is 0 Å². The minimum absolute atomic E-state index is 0.0244. The Balaban J connectivity index is 3.27. The molecule has 0 aromatic heterocycles. The molecule has 2 nitrogen and oxygen atoms in total. The van der Waals surface area contributed by atoms with Crippen LogP contribution in [0.1, 0.15) is 0 Å². The van der Waals surface area contributed by atoms with Gasteiger partial charge in [0.15, 0.2) is 0 Å². The van der Waals surface area contributed by atoms with Crippen LogP contribution in [0.25, 0.3) is 0 Å². The fourth-order valence-electron chi connectivity index (χ4n) is 0.141. The molecule has 0 amide bonds. The third-order valence-corrected chi connectivity index (χ3v) is 6.29. The first-order valence-corrected chi connectivity index (χ1v) is 8.31. The summed E-state index contributed by atoms with van der Waals surface area (Å²) in [7, 11) is 3.39. The van der Waals surface area contributed by atoms with Crippen molar-refractivity contribution >= 4 is 63.8 Å². The molecule has 0 saturated heterocycles. The lowest BCUT2D eigenvalue weighted by atomic mass is 11.8. The number of hydrogen-bond donors (Lipinski definition) is 0. The summed E-state index contributed by atoms with van der Waals surface area (Å²) in [5.41, 5.74) is 0. The molecule has 0 radical (unpaired) electrons. The molecular weight excluding hydrogens is 240 g/mol. The monoisotopic (exact) mass is 246 g/mol. The molecule has 64 valence electrons. The second-order valence-corrected chi connectivity index (χ2v) is 7.06. The quantitative estimate of drug-likeness (QED) is 0.682. The average molecular weight is 246 g/mol. The molecule has 0 heterocycles. The van der Waals surface area contributed by atoms with Gasteiger partial charge in [0.2, 0.25) is 0 Å². The van der Waals surface area contributed by atoms with Crippen LogP contribution in [0, 0.1) is 0 Å². The molecule has 0 unspecified atom stereocenters. The molecule has 0 spiro atoms. The number of hydrogen-bond acceptors (Lipinski definition) is 7. The smallest absolute Gasteiger partial charge is 0.257 e. The van der Waals surface area contributed by atoms with E-state index in [4.69, 9.17) is 0 Å². The Labute approximate surface area is 85.6 Å². The van der Waals surface area contributed by atoms with Gasteiger partial charge >= 0.3 is 0 Å². The van der Waals surface area contributed by atoms with Crippen LogP contribution < -0.4 is 0 Å². The van der Waals surface area contributed by atoms with E-state index in [1.165, 1.54) is 9.83 Å². The minimum Gasteiger partial charge on any atom is -0.273 e. The number of rotatable bonds is 2. The average Bonchev–Trinajstić information content (AvgIpc) is 2.04. The van der Waals surface area contributed by atoms with Crippen LogP contribution in [-0.2, 0) is 0 Å². The molecule has 11 heavy (non-hydrogen) atoms. The van der Waals surface area contributed by atoms with Gasteiger partial charge < -0.3 is 0 Å². The van der Waals surface area contributed by atoms with E-state index in [-0.39, 0.29) is 8.89 Å². The van der Waals surface area contributed by atoms with Crippen LogP contribution >= 0.6 is 54.9 Å². The zero-order chi connectivity index (χ0) is 8.69. The molecule has 0 fully saturated rings. The zero-order valence-electron chi connectivity index (χ0n) is 5.86. The lowest BCUT2D eigenvalue weighted by Gasteiger charge is -1.92. The van der Waals surface area contributed by atoms with Crippen LogP contribution in [0.2, 0.25) is 0 Å². The van der Waals surface area contributed by atoms with Crippen molar-refractivity contribution in [1.82, 2.24) is 0 Å². The van der Waals surface area contributed by atoms with Gasteiger partial charge in [0.1, 0.15) is 0 Å². The summed E-state index contributed by atoms with van der Waals surface area (Å²) in [6.45, 7) is 0. The SMILES string of the molecule is CSC(=O)SSSC(=O)SC. The fourth-order valence-corrected chi connectivity index (χ4v) is 5.30. The summed E-state index contributed by atoms with van der Waals surface area (Å²) in [4.78, 5) is 21.3. The van der Waals surface area contributed by atoms with E-state index in [0.717, 1.165) is 45.1 Å². The summed E-state index contributed by atoms with van der Waals surface area (Å²) in [6, 6.07) is 0. The number of carbonyl (C=O) groups is 2. The molecule has 0 atom stereocenters. The molecule has 7 heteroatoms. The second kappa shape index (κ2) is 7.72. The predicted molar refractivity (Wildman–Crippen MR) is 60.6 cm³/mol. The maximum absolute atomic E-state index is 10.7. The highest BCUT2D eigenvalue weighted by Crippen LogP contribution is 2.40. The van der Waals surface area contributed by atoms with Crippen molar-refractivity contribution in [2.24, 2.45) is 0 Å². The van der Waals surface area contributed by atoms with Crippen LogP contribution in [0.3, 0.4) is 0 Å². The van der Waals surface area contributed by atoms with Crippen molar-refractivity contribution in [1.29, 1.82) is 0 Å². The van der Waals surface area contributed by atoms with E-state index in [1.54, 1.807) is 12.5 Å².